The second kappa shape index (κ2) is 5.72. The van der Waals surface area contributed by atoms with Crippen LogP contribution in [-0.4, -0.2) is 39.2 Å². The Morgan fingerprint density at radius 1 is 1.36 bits per heavy atom. The minimum Gasteiger partial charge on any atom is -0.365 e. The first-order chi connectivity index (χ1) is 10.7. The summed E-state index contributed by atoms with van der Waals surface area (Å²) in [5.74, 6) is 1.92. The smallest absolute Gasteiger partial charge is 0.223 e. The molecule has 4 heterocycles. The average molecular weight is 320 g/mol. The first kappa shape index (κ1) is 14.3. The Morgan fingerprint density at radius 2 is 2.27 bits per heavy atom. The predicted octanol–water partition coefficient (Wildman–Crippen LogP) is 2.50. The van der Waals surface area contributed by atoms with Crippen molar-refractivity contribution < 1.29 is 9.26 Å². The number of nitrogens with zero attached hydrogens (tertiary/aromatic N) is 4. The minimum absolute atomic E-state index is 0.00509. The fraction of sp³-hybridized carbons (Fsp3) is 0.667. The highest BCUT2D eigenvalue weighted by Gasteiger charge is 2.41. The summed E-state index contributed by atoms with van der Waals surface area (Å²) >= 11 is 1.74. The molecular formula is C15H20N4O2S. The van der Waals surface area contributed by atoms with Gasteiger partial charge in [0.25, 0.3) is 0 Å². The molecule has 0 bridgehead atoms. The standard InChI is InChI=1S/C15H20N4O2S/c1-9-8-22-14(16-9)7-19-4-3-11-5-12(20-13(11)6-19)15-17-10(2)21-18-15/h8,11-13H,3-7H2,1-2H3/t11-,12-,13+/m0/s1. The molecule has 0 saturated carbocycles. The number of aromatic nitrogens is 3. The molecule has 2 aliphatic heterocycles. The lowest BCUT2D eigenvalue weighted by molar-refractivity contribution is -0.0126. The van der Waals surface area contributed by atoms with Gasteiger partial charge in [-0.2, -0.15) is 4.98 Å². The van der Waals surface area contributed by atoms with Gasteiger partial charge in [-0.05, 0) is 32.2 Å². The maximum absolute atomic E-state index is 6.19. The van der Waals surface area contributed by atoms with Crippen molar-refractivity contribution in [2.75, 3.05) is 13.1 Å². The second-order valence-electron chi connectivity index (χ2n) is 6.24. The normalized spacial score (nSPS) is 28.9. The van der Waals surface area contributed by atoms with Crippen molar-refractivity contribution in [1.29, 1.82) is 0 Å². The Morgan fingerprint density at radius 3 is 3.00 bits per heavy atom. The Labute approximate surface area is 133 Å². The van der Waals surface area contributed by atoms with E-state index in [2.05, 4.69) is 25.4 Å². The van der Waals surface area contributed by atoms with Crippen LogP contribution in [0.2, 0.25) is 0 Å². The zero-order chi connectivity index (χ0) is 15.1. The van der Waals surface area contributed by atoms with Crippen LogP contribution in [0.25, 0.3) is 0 Å². The summed E-state index contributed by atoms with van der Waals surface area (Å²) in [7, 11) is 0. The topological polar surface area (TPSA) is 64.3 Å². The fourth-order valence-electron chi connectivity index (χ4n) is 3.42. The minimum atomic E-state index is -0.00509. The van der Waals surface area contributed by atoms with E-state index >= 15 is 0 Å². The van der Waals surface area contributed by atoms with Gasteiger partial charge in [0.1, 0.15) is 11.1 Å². The number of hydrogen-bond donors (Lipinski definition) is 0. The molecule has 0 radical (unpaired) electrons. The van der Waals surface area contributed by atoms with Crippen molar-refractivity contribution in [2.24, 2.45) is 5.92 Å². The van der Waals surface area contributed by atoms with Crippen LogP contribution in [0.3, 0.4) is 0 Å². The van der Waals surface area contributed by atoms with Crippen molar-refractivity contribution in [3.8, 4) is 0 Å². The van der Waals surface area contributed by atoms with Gasteiger partial charge >= 0.3 is 0 Å². The van der Waals surface area contributed by atoms with Crippen LogP contribution >= 0.6 is 11.3 Å². The van der Waals surface area contributed by atoms with Crippen LogP contribution in [0.5, 0.6) is 0 Å². The molecule has 0 N–H and O–H groups in total. The highest BCUT2D eigenvalue weighted by Crippen LogP contribution is 2.40. The lowest BCUT2D eigenvalue weighted by Crippen LogP contribution is -2.41. The Balaban J connectivity index is 1.39. The van der Waals surface area contributed by atoms with Crippen molar-refractivity contribution >= 4 is 11.3 Å². The summed E-state index contributed by atoms with van der Waals surface area (Å²) in [6.45, 7) is 6.87. The molecule has 6 nitrogen and oxygen atoms in total. The largest absolute Gasteiger partial charge is 0.365 e. The van der Waals surface area contributed by atoms with E-state index in [4.69, 9.17) is 9.26 Å². The zero-order valence-corrected chi connectivity index (χ0v) is 13.7. The predicted molar refractivity (Wildman–Crippen MR) is 81.5 cm³/mol. The monoisotopic (exact) mass is 320 g/mol. The molecule has 4 rings (SSSR count). The SMILES string of the molecule is Cc1csc(CN2CC[C@H]3C[C@@H](c4noc(C)n4)O[C@@H]3C2)n1. The van der Waals surface area contributed by atoms with Crippen LogP contribution in [0.4, 0.5) is 0 Å². The molecule has 7 heteroatoms. The molecule has 2 aromatic rings. The van der Waals surface area contributed by atoms with Gasteiger partial charge < -0.3 is 9.26 Å². The summed E-state index contributed by atoms with van der Waals surface area (Å²) in [6, 6.07) is 0. The van der Waals surface area contributed by atoms with Crippen LogP contribution in [0.1, 0.15) is 41.4 Å². The first-order valence-electron chi connectivity index (χ1n) is 7.76. The molecule has 0 spiro atoms. The third kappa shape index (κ3) is 2.80. The molecule has 0 aromatic carbocycles. The summed E-state index contributed by atoms with van der Waals surface area (Å²) in [4.78, 5) is 11.3. The molecule has 0 aliphatic carbocycles. The molecule has 3 atom stereocenters. The van der Waals surface area contributed by atoms with Crippen LogP contribution in [0, 0.1) is 19.8 Å². The first-order valence-corrected chi connectivity index (χ1v) is 8.64. The van der Waals surface area contributed by atoms with Crippen LogP contribution in [-0.2, 0) is 11.3 Å². The number of piperidine rings is 1. The number of aryl methyl sites for hydroxylation is 2. The molecular weight excluding hydrogens is 300 g/mol. The second-order valence-corrected chi connectivity index (χ2v) is 7.18. The van der Waals surface area contributed by atoms with Gasteiger partial charge in [-0.3, -0.25) is 4.90 Å². The van der Waals surface area contributed by atoms with Crippen LogP contribution in [0.15, 0.2) is 9.90 Å². The lowest BCUT2D eigenvalue weighted by atomic mass is 9.92. The van der Waals surface area contributed by atoms with Crippen molar-refractivity contribution in [3.63, 3.8) is 0 Å². The average Bonchev–Trinajstić information content (AvgIpc) is 3.18. The zero-order valence-electron chi connectivity index (χ0n) is 12.9. The van der Waals surface area contributed by atoms with E-state index < -0.39 is 0 Å². The van der Waals surface area contributed by atoms with Crippen molar-refractivity contribution in [3.05, 3.63) is 27.8 Å². The quantitative estimate of drug-likeness (QED) is 0.866. The maximum Gasteiger partial charge on any atom is 0.223 e. The number of thiazole rings is 1. The van der Waals surface area contributed by atoms with E-state index in [-0.39, 0.29) is 12.2 Å². The van der Waals surface area contributed by atoms with Gasteiger partial charge in [-0.1, -0.05) is 5.16 Å². The van der Waals surface area contributed by atoms with E-state index in [0.29, 0.717) is 17.6 Å². The molecule has 118 valence electrons. The van der Waals surface area contributed by atoms with E-state index in [0.717, 1.165) is 31.7 Å². The van der Waals surface area contributed by atoms with Gasteiger partial charge in [-0.25, -0.2) is 4.98 Å². The number of hydrogen-bond acceptors (Lipinski definition) is 7. The van der Waals surface area contributed by atoms with E-state index in [9.17, 15) is 0 Å². The summed E-state index contributed by atoms with van der Waals surface area (Å²) in [5.41, 5.74) is 1.11. The molecule has 22 heavy (non-hydrogen) atoms. The van der Waals surface area contributed by atoms with Gasteiger partial charge in [0.2, 0.25) is 11.7 Å². The summed E-state index contributed by atoms with van der Waals surface area (Å²) in [6.07, 6.45) is 2.45. The highest BCUT2D eigenvalue weighted by molar-refractivity contribution is 7.09. The van der Waals surface area contributed by atoms with Gasteiger partial charge in [-0.15, -0.1) is 11.3 Å². The third-order valence-corrected chi connectivity index (χ3v) is 5.44. The van der Waals surface area contributed by atoms with Crippen molar-refractivity contribution in [1.82, 2.24) is 20.0 Å². The van der Waals surface area contributed by atoms with E-state index in [1.54, 1.807) is 11.3 Å². The Hall–Kier alpha value is -1.31. The van der Waals surface area contributed by atoms with Crippen molar-refractivity contribution in [2.45, 2.75) is 45.4 Å². The van der Waals surface area contributed by atoms with E-state index in [1.807, 2.05) is 13.8 Å². The Bertz CT molecular complexity index is 656. The maximum atomic E-state index is 6.19. The molecule has 0 unspecified atom stereocenters. The van der Waals surface area contributed by atoms with Gasteiger partial charge in [0, 0.05) is 24.5 Å². The number of fused-ring (bicyclic) bond motifs is 1. The molecule has 2 fully saturated rings. The Kier molecular flexibility index (Phi) is 3.71. The third-order valence-electron chi connectivity index (χ3n) is 4.49. The van der Waals surface area contributed by atoms with E-state index in [1.165, 1.54) is 11.4 Å². The molecule has 0 amide bonds. The van der Waals surface area contributed by atoms with Gasteiger partial charge in [0.05, 0.1) is 12.6 Å². The summed E-state index contributed by atoms with van der Waals surface area (Å²) in [5, 5.41) is 7.32. The number of ether oxygens (including phenoxy) is 1. The molecule has 2 aliphatic rings. The number of likely N-dealkylation sites (tertiary alicyclic amines) is 1. The molecule has 2 saturated heterocycles. The molecule has 2 aromatic heterocycles. The number of rotatable bonds is 3. The highest BCUT2D eigenvalue weighted by atomic mass is 32.1. The lowest BCUT2D eigenvalue weighted by Gasteiger charge is -2.33. The van der Waals surface area contributed by atoms with Crippen LogP contribution < -0.4 is 0 Å². The fourth-order valence-corrected chi connectivity index (χ4v) is 4.23. The summed E-state index contributed by atoms with van der Waals surface area (Å²) < 4.78 is 11.3. The van der Waals surface area contributed by atoms with Gasteiger partial charge in [0.15, 0.2) is 0 Å².